The first-order valence-corrected chi connectivity index (χ1v) is 11.0. The molecule has 6 heteroatoms. The first-order chi connectivity index (χ1) is 13.6. The van der Waals surface area contributed by atoms with Crippen molar-refractivity contribution in [3.8, 4) is 0 Å². The summed E-state index contributed by atoms with van der Waals surface area (Å²) >= 11 is 1.73. The van der Waals surface area contributed by atoms with E-state index in [1.54, 1.807) is 18.3 Å². The Bertz CT molecular complexity index is 850. The molecular formula is C22H27N3O2S. The number of thiazole rings is 1. The second-order valence-electron chi connectivity index (χ2n) is 7.88. The van der Waals surface area contributed by atoms with Crippen molar-refractivity contribution < 1.29 is 9.59 Å². The Labute approximate surface area is 169 Å². The topological polar surface area (TPSA) is 62.3 Å². The summed E-state index contributed by atoms with van der Waals surface area (Å²) in [6.45, 7) is 3.85. The molecule has 5 nitrogen and oxygen atoms in total. The molecule has 148 valence electrons. The second kappa shape index (κ2) is 8.43. The molecule has 1 aliphatic heterocycles. The van der Waals surface area contributed by atoms with Gasteiger partial charge in [-0.15, -0.1) is 11.3 Å². The van der Waals surface area contributed by atoms with Gasteiger partial charge in [0.15, 0.2) is 0 Å². The zero-order valence-electron chi connectivity index (χ0n) is 16.3. The van der Waals surface area contributed by atoms with Crippen LogP contribution in [0.2, 0.25) is 0 Å². The summed E-state index contributed by atoms with van der Waals surface area (Å²) in [5, 5.41) is 3.99. The highest BCUT2D eigenvalue weighted by Gasteiger charge is 2.36. The summed E-state index contributed by atoms with van der Waals surface area (Å²) in [7, 11) is 0. The first-order valence-electron chi connectivity index (χ1n) is 10.2. The Hall–Kier alpha value is -2.21. The maximum absolute atomic E-state index is 13.3. The highest BCUT2D eigenvalue weighted by molar-refractivity contribution is 7.18. The number of benzene rings is 1. The minimum absolute atomic E-state index is 0.0162. The number of carbonyl (C=O) groups excluding carboxylic acids is 2. The number of carbonyl (C=O) groups is 2. The van der Waals surface area contributed by atoms with E-state index < -0.39 is 0 Å². The van der Waals surface area contributed by atoms with Gasteiger partial charge in [-0.3, -0.25) is 9.59 Å². The monoisotopic (exact) mass is 397 g/mol. The third kappa shape index (κ3) is 4.12. The van der Waals surface area contributed by atoms with Gasteiger partial charge in [0.1, 0.15) is 0 Å². The lowest BCUT2D eigenvalue weighted by Crippen LogP contribution is -2.45. The fourth-order valence-corrected chi connectivity index (χ4v) is 5.43. The van der Waals surface area contributed by atoms with E-state index in [0.717, 1.165) is 55.8 Å². The number of hydrogen-bond acceptors (Lipinski definition) is 4. The third-order valence-corrected chi connectivity index (χ3v) is 7.11. The number of fused-ring (bicyclic) bond motifs is 1. The van der Waals surface area contributed by atoms with Gasteiger partial charge in [-0.2, -0.15) is 0 Å². The van der Waals surface area contributed by atoms with Crippen LogP contribution in [0.3, 0.4) is 0 Å². The first kappa shape index (κ1) is 19.1. The maximum Gasteiger partial charge on any atom is 0.226 e. The van der Waals surface area contributed by atoms with Crippen LogP contribution in [0.5, 0.6) is 0 Å². The molecule has 0 bridgehead atoms. The fourth-order valence-electron chi connectivity index (χ4n) is 4.29. The van der Waals surface area contributed by atoms with Crippen LogP contribution in [0.4, 0.5) is 0 Å². The zero-order valence-corrected chi connectivity index (χ0v) is 17.1. The molecule has 0 saturated carbocycles. The average molecular weight is 398 g/mol. The summed E-state index contributed by atoms with van der Waals surface area (Å²) in [5.41, 5.74) is 1.03. The van der Waals surface area contributed by atoms with E-state index in [2.05, 4.69) is 23.5 Å². The number of nitrogens with zero attached hydrogens (tertiary/aromatic N) is 2. The van der Waals surface area contributed by atoms with Crippen molar-refractivity contribution in [3.63, 3.8) is 0 Å². The number of nitrogens with one attached hydrogen (secondary N) is 1. The number of para-hydroxylation sites is 1. The molecule has 1 aromatic heterocycles. The van der Waals surface area contributed by atoms with Crippen LogP contribution in [0, 0.1) is 11.8 Å². The lowest BCUT2D eigenvalue weighted by atomic mass is 9.81. The van der Waals surface area contributed by atoms with Crippen LogP contribution in [0.15, 0.2) is 36.4 Å². The van der Waals surface area contributed by atoms with Gasteiger partial charge < -0.3 is 10.2 Å². The third-order valence-electron chi connectivity index (χ3n) is 5.94. The van der Waals surface area contributed by atoms with Crippen molar-refractivity contribution in [1.82, 2.24) is 15.2 Å². The molecule has 0 spiro atoms. The van der Waals surface area contributed by atoms with Gasteiger partial charge in [0.2, 0.25) is 11.8 Å². The molecule has 1 aromatic carbocycles. The molecule has 0 radical (unpaired) electrons. The summed E-state index contributed by atoms with van der Waals surface area (Å²) in [4.78, 5) is 31.3. The normalized spacial score (nSPS) is 23.1. The smallest absolute Gasteiger partial charge is 0.226 e. The largest absolute Gasteiger partial charge is 0.356 e. The predicted octanol–water partition coefficient (Wildman–Crippen LogP) is 3.72. The minimum Gasteiger partial charge on any atom is -0.356 e. The highest BCUT2D eigenvalue weighted by Crippen LogP contribution is 2.39. The Kier molecular flexibility index (Phi) is 5.76. The lowest BCUT2D eigenvalue weighted by Gasteiger charge is -2.36. The number of allylic oxidation sites excluding steroid dienone is 2. The number of amides is 2. The lowest BCUT2D eigenvalue weighted by molar-refractivity contribution is -0.138. The molecule has 1 N–H and O–H groups in total. The SMILES string of the molecule is CC(=O)NCC1CCN(C(=O)[C@H]2CC=CC[C@@H]2c2nc3ccccc3s2)CC1. The number of rotatable bonds is 4. The molecule has 4 rings (SSSR count). The fraction of sp³-hybridized carbons (Fsp3) is 0.500. The minimum atomic E-state index is -0.0162. The van der Waals surface area contributed by atoms with Crippen molar-refractivity contribution in [2.45, 2.75) is 38.5 Å². The van der Waals surface area contributed by atoms with Crippen LogP contribution in [0.25, 0.3) is 10.2 Å². The Morgan fingerprint density at radius 3 is 2.68 bits per heavy atom. The molecule has 0 unspecified atom stereocenters. The summed E-state index contributed by atoms with van der Waals surface area (Å²) in [6.07, 6.45) is 7.94. The molecule has 2 heterocycles. The van der Waals surface area contributed by atoms with Crippen molar-refractivity contribution >= 4 is 33.4 Å². The standard InChI is InChI=1S/C22H27N3O2S/c1-15(26)23-14-16-10-12-25(13-11-16)22(27)18-7-3-2-6-17(18)21-24-19-8-4-5-9-20(19)28-21/h2-5,8-9,16-18H,6-7,10-14H2,1H3,(H,23,26)/t17-,18-/m0/s1. The molecule has 2 aromatic rings. The van der Waals surface area contributed by atoms with Crippen LogP contribution in [-0.2, 0) is 9.59 Å². The van der Waals surface area contributed by atoms with E-state index in [1.807, 2.05) is 23.1 Å². The summed E-state index contributed by atoms with van der Waals surface area (Å²) in [5.74, 6) is 0.918. The van der Waals surface area contributed by atoms with Gasteiger partial charge in [-0.25, -0.2) is 4.98 Å². The zero-order chi connectivity index (χ0) is 19.5. The molecule has 2 amide bonds. The Morgan fingerprint density at radius 1 is 1.18 bits per heavy atom. The van der Waals surface area contributed by atoms with Crippen molar-refractivity contribution in [2.24, 2.45) is 11.8 Å². The van der Waals surface area contributed by atoms with Gasteiger partial charge in [0, 0.05) is 32.5 Å². The van der Waals surface area contributed by atoms with E-state index in [1.165, 1.54) is 4.70 Å². The molecular weight excluding hydrogens is 370 g/mol. The highest BCUT2D eigenvalue weighted by atomic mass is 32.1. The summed E-state index contributed by atoms with van der Waals surface area (Å²) < 4.78 is 1.19. The van der Waals surface area contributed by atoms with Crippen LogP contribution in [0.1, 0.15) is 43.5 Å². The maximum atomic E-state index is 13.3. The van der Waals surface area contributed by atoms with Crippen molar-refractivity contribution in [1.29, 1.82) is 0 Å². The van der Waals surface area contributed by atoms with Gasteiger partial charge >= 0.3 is 0 Å². The number of hydrogen-bond donors (Lipinski definition) is 1. The van der Waals surface area contributed by atoms with Crippen LogP contribution >= 0.6 is 11.3 Å². The van der Waals surface area contributed by atoms with Crippen molar-refractivity contribution in [3.05, 3.63) is 41.4 Å². The molecule has 2 atom stereocenters. The number of aromatic nitrogens is 1. The Balaban J connectivity index is 1.44. The van der Waals surface area contributed by atoms with Gasteiger partial charge in [-0.05, 0) is 43.7 Å². The second-order valence-corrected chi connectivity index (χ2v) is 8.94. The van der Waals surface area contributed by atoms with E-state index >= 15 is 0 Å². The van der Waals surface area contributed by atoms with E-state index in [-0.39, 0.29) is 23.7 Å². The molecule has 1 aliphatic carbocycles. The predicted molar refractivity (Wildman–Crippen MR) is 112 cm³/mol. The molecule has 2 aliphatic rings. The van der Waals surface area contributed by atoms with Gasteiger partial charge in [-0.1, -0.05) is 24.3 Å². The quantitative estimate of drug-likeness (QED) is 0.800. The summed E-state index contributed by atoms with van der Waals surface area (Å²) in [6, 6.07) is 8.20. The van der Waals surface area contributed by atoms with E-state index in [9.17, 15) is 9.59 Å². The Morgan fingerprint density at radius 2 is 1.93 bits per heavy atom. The molecule has 28 heavy (non-hydrogen) atoms. The average Bonchev–Trinajstić information content (AvgIpc) is 3.16. The van der Waals surface area contributed by atoms with Crippen LogP contribution in [-0.4, -0.2) is 41.3 Å². The van der Waals surface area contributed by atoms with Crippen LogP contribution < -0.4 is 5.32 Å². The van der Waals surface area contributed by atoms with E-state index in [4.69, 9.17) is 4.98 Å². The van der Waals surface area contributed by atoms with Gasteiger partial charge in [0.05, 0.1) is 21.1 Å². The number of likely N-dealkylation sites (tertiary alicyclic amines) is 1. The molecule has 1 saturated heterocycles. The molecule has 1 fully saturated rings. The number of piperidine rings is 1. The van der Waals surface area contributed by atoms with Gasteiger partial charge in [0.25, 0.3) is 0 Å². The van der Waals surface area contributed by atoms with E-state index in [0.29, 0.717) is 5.92 Å². The van der Waals surface area contributed by atoms with Crippen molar-refractivity contribution in [2.75, 3.05) is 19.6 Å².